The summed E-state index contributed by atoms with van der Waals surface area (Å²) in [5.74, 6) is 0.402. The third-order valence-electron chi connectivity index (χ3n) is 26.1. The first-order valence-electron chi connectivity index (χ1n) is 40.3. The summed E-state index contributed by atoms with van der Waals surface area (Å²) < 4.78 is 5.07. The molecular formula is C112H78N2. The fraction of sp³-hybridized carbons (Fsp3) is 0.0714. The third kappa shape index (κ3) is 10.00. The molecule has 0 radical (unpaired) electrons. The molecule has 4 aliphatic carbocycles. The van der Waals surface area contributed by atoms with Crippen LogP contribution in [0.1, 0.15) is 95.2 Å². The van der Waals surface area contributed by atoms with Crippen LogP contribution >= 0.6 is 0 Å². The first-order valence-corrected chi connectivity index (χ1v) is 40.3. The first-order chi connectivity index (χ1) is 56.1. The van der Waals surface area contributed by atoms with E-state index < -0.39 is 0 Å². The van der Waals surface area contributed by atoms with Crippen LogP contribution in [0.25, 0.3) is 166 Å². The molecular weight excluding hydrogens is 1370 g/mol. The van der Waals surface area contributed by atoms with Crippen LogP contribution in [0, 0.1) is 0 Å². The molecule has 0 spiro atoms. The van der Waals surface area contributed by atoms with E-state index in [2.05, 4.69) is 425 Å². The Morgan fingerprint density at radius 3 is 1.13 bits per heavy atom. The molecule has 536 valence electrons. The Kier molecular flexibility index (Phi) is 14.6. The van der Waals surface area contributed by atoms with E-state index >= 15 is 0 Å². The average molecular weight is 1450 g/mol. The molecule has 0 fully saturated rings. The molecule has 20 aromatic rings. The van der Waals surface area contributed by atoms with Crippen LogP contribution in [0.15, 0.2) is 388 Å². The van der Waals surface area contributed by atoms with Crippen molar-refractivity contribution in [2.45, 2.75) is 50.4 Å². The minimum absolute atomic E-state index is 0.0849. The number of benzene rings is 18. The van der Waals surface area contributed by atoms with Crippen LogP contribution in [-0.4, -0.2) is 9.13 Å². The van der Waals surface area contributed by atoms with Crippen molar-refractivity contribution in [3.63, 3.8) is 0 Å². The zero-order valence-corrected chi connectivity index (χ0v) is 64.0. The van der Waals surface area contributed by atoms with E-state index in [0.29, 0.717) is 0 Å². The van der Waals surface area contributed by atoms with Crippen LogP contribution in [0.4, 0.5) is 0 Å². The van der Waals surface area contributed by atoms with E-state index in [4.69, 9.17) is 0 Å². The second kappa shape index (κ2) is 25.3. The molecule has 0 saturated carbocycles. The molecule has 0 saturated heterocycles. The normalized spacial score (nSPS) is 14.8. The van der Waals surface area contributed by atoms with E-state index in [1.807, 2.05) is 0 Å². The van der Waals surface area contributed by atoms with Gasteiger partial charge < -0.3 is 9.13 Å². The summed E-state index contributed by atoms with van der Waals surface area (Å²) in [7, 11) is 0. The maximum atomic E-state index is 2.54. The van der Waals surface area contributed by atoms with Crippen molar-refractivity contribution in [2.24, 2.45) is 0 Å². The monoisotopic (exact) mass is 1450 g/mol. The Labute approximate surface area is 664 Å². The quantitative estimate of drug-likeness (QED) is 0.143. The Bertz CT molecular complexity index is 7390. The van der Waals surface area contributed by atoms with Crippen molar-refractivity contribution < 1.29 is 0 Å². The lowest BCUT2D eigenvalue weighted by Crippen LogP contribution is -2.16. The molecule has 2 heterocycles. The summed E-state index contributed by atoms with van der Waals surface area (Å²) in [6, 6.07) is 145. The van der Waals surface area contributed by atoms with Crippen LogP contribution in [0.5, 0.6) is 0 Å². The minimum Gasteiger partial charge on any atom is -0.309 e. The molecule has 2 aromatic heterocycles. The van der Waals surface area contributed by atoms with Crippen LogP contribution in [0.3, 0.4) is 0 Å². The van der Waals surface area contributed by atoms with Gasteiger partial charge >= 0.3 is 0 Å². The molecule has 0 amide bonds. The van der Waals surface area contributed by atoms with Gasteiger partial charge in [-0.1, -0.05) is 355 Å². The highest BCUT2D eigenvalue weighted by Gasteiger charge is 2.41. The molecule has 2 unspecified atom stereocenters. The molecule has 18 aromatic carbocycles. The summed E-state index contributed by atoms with van der Waals surface area (Å²) in [6.07, 6.45) is 0. The topological polar surface area (TPSA) is 9.86 Å². The average Bonchev–Trinajstić information content (AvgIpc) is 1.54. The van der Waals surface area contributed by atoms with Crippen molar-refractivity contribution in [2.75, 3.05) is 0 Å². The van der Waals surface area contributed by atoms with Crippen LogP contribution < -0.4 is 0 Å². The second-order valence-electron chi connectivity index (χ2n) is 32.9. The fourth-order valence-corrected chi connectivity index (χ4v) is 20.7. The van der Waals surface area contributed by atoms with Gasteiger partial charge in [-0.2, -0.15) is 0 Å². The second-order valence-corrected chi connectivity index (χ2v) is 32.9. The Morgan fingerprint density at radius 2 is 0.605 bits per heavy atom. The van der Waals surface area contributed by atoms with E-state index in [-0.39, 0.29) is 22.7 Å². The lowest BCUT2D eigenvalue weighted by molar-refractivity contribution is 0.661. The zero-order chi connectivity index (χ0) is 75.7. The van der Waals surface area contributed by atoms with Crippen LogP contribution in [0.2, 0.25) is 0 Å². The van der Waals surface area contributed by atoms with Crippen molar-refractivity contribution in [1.82, 2.24) is 9.13 Å². The van der Waals surface area contributed by atoms with Crippen LogP contribution in [-0.2, 0) is 10.8 Å². The highest BCUT2D eigenvalue weighted by atomic mass is 15.0. The largest absolute Gasteiger partial charge is 0.309 e. The summed E-state index contributed by atoms with van der Waals surface area (Å²) in [6.45, 7) is 9.55. The smallest absolute Gasteiger partial charge is 0.0622 e. The van der Waals surface area contributed by atoms with Gasteiger partial charge in [0.05, 0.1) is 22.1 Å². The molecule has 24 rings (SSSR count). The molecule has 0 bridgehead atoms. The van der Waals surface area contributed by atoms with Gasteiger partial charge in [-0.3, -0.25) is 0 Å². The van der Waals surface area contributed by atoms with E-state index in [0.717, 1.165) is 0 Å². The Morgan fingerprint density at radius 1 is 0.219 bits per heavy atom. The van der Waals surface area contributed by atoms with Gasteiger partial charge in [-0.25, -0.2) is 0 Å². The molecule has 2 atom stereocenters. The van der Waals surface area contributed by atoms with Gasteiger partial charge in [0.2, 0.25) is 0 Å². The predicted molar refractivity (Wildman–Crippen MR) is 479 cm³/mol. The zero-order valence-electron chi connectivity index (χ0n) is 64.0. The van der Waals surface area contributed by atoms with Gasteiger partial charge in [0.1, 0.15) is 0 Å². The molecule has 0 aliphatic heterocycles. The number of aromatic nitrogens is 2. The highest BCUT2D eigenvalue weighted by Crippen LogP contribution is 2.57. The predicted octanol–water partition coefficient (Wildman–Crippen LogP) is 29.5. The maximum Gasteiger partial charge on any atom is 0.0622 e. The molecule has 2 heteroatoms. The number of nitrogens with zero attached hydrogens (tertiary/aromatic N) is 2. The lowest BCUT2D eigenvalue weighted by Gasteiger charge is -2.23. The molecule has 2 nitrogen and oxygen atoms in total. The number of rotatable bonds is 8. The standard InChI is InChI=1S/2C56H39N/c1-56(2)51-19-11-10-17-44(51)47-29-30-48-50-34-41(26-31-52(50)57(55(48)54(47)56)42-27-24-36-14-6-7-15-39(36)32-42)40-25-28-46-49(33-40)43-16-8-9-18-45(43)53(46)38-22-20-37(21-23-38)35-12-4-3-5-13-35;1-56(2)50-19-11-10-18-47(50)54-51(56)30-29-46-49-34-41(26-31-52(49)57(55(46)54)42-27-24-36-14-6-7-15-39(36)32-42)40-25-28-45-48(33-40)43-16-8-9-17-44(43)53(45)38-22-20-37(21-23-38)35-12-4-3-5-13-35/h2*3-34,53H,1-2H3. The van der Waals surface area contributed by atoms with Gasteiger partial charge in [0, 0.05) is 61.1 Å². The molecule has 114 heavy (non-hydrogen) atoms. The highest BCUT2D eigenvalue weighted by molar-refractivity contribution is 6.18. The number of hydrogen-bond acceptors (Lipinski definition) is 0. The molecule has 4 aliphatic rings. The maximum absolute atomic E-state index is 2.54. The number of hydrogen-bond donors (Lipinski definition) is 0. The van der Waals surface area contributed by atoms with Gasteiger partial charge in [-0.05, 0) is 221 Å². The summed E-state index contributed by atoms with van der Waals surface area (Å²) >= 11 is 0. The van der Waals surface area contributed by atoms with Crippen molar-refractivity contribution in [1.29, 1.82) is 0 Å². The van der Waals surface area contributed by atoms with Crippen molar-refractivity contribution in [3.8, 4) is 100 Å². The van der Waals surface area contributed by atoms with Crippen molar-refractivity contribution in [3.05, 3.63) is 444 Å². The van der Waals surface area contributed by atoms with Gasteiger partial charge in [0.15, 0.2) is 0 Å². The van der Waals surface area contributed by atoms with E-state index in [1.165, 1.54) is 221 Å². The van der Waals surface area contributed by atoms with E-state index in [9.17, 15) is 0 Å². The fourth-order valence-electron chi connectivity index (χ4n) is 20.7. The van der Waals surface area contributed by atoms with Gasteiger partial charge in [-0.15, -0.1) is 0 Å². The first kappa shape index (κ1) is 65.9. The minimum atomic E-state index is -0.150. The lowest BCUT2D eigenvalue weighted by atomic mass is 9.81. The summed E-state index contributed by atoms with van der Waals surface area (Å²) in [5, 5.41) is 10.2. The summed E-state index contributed by atoms with van der Waals surface area (Å²) in [4.78, 5) is 0. The molecule has 0 N–H and O–H groups in total. The third-order valence-corrected chi connectivity index (χ3v) is 26.1. The Hall–Kier alpha value is -13.9. The SMILES string of the molecule is CC1(C)c2ccccc2-c2c1ccc1c3cc(-c4ccc5c(c4)-c4ccccc4C5c4ccc(-c5ccccc5)cc4)ccc3n(-c3ccc4ccccc4c3)c21.CC1(C)c2ccccc2-c2ccc3c4cc(-c5ccc6c(c5)-c5ccccc5C6c5ccc(-c6ccccc6)cc5)ccc4n(-c4ccc5ccccc5c4)c3c21. The van der Waals surface area contributed by atoms with Crippen molar-refractivity contribution >= 4 is 65.2 Å². The Balaban J connectivity index is 0.000000135. The summed E-state index contributed by atoms with van der Waals surface area (Å²) in [5.41, 5.74) is 41.6. The number of fused-ring (bicyclic) bond motifs is 22. The van der Waals surface area contributed by atoms with E-state index in [1.54, 1.807) is 0 Å². The van der Waals surface area contributed by atoms with Gasteiger partial charge in [0.25, 0.3) is 0 Å².